The lowest BCUT2D eigenvalue weighted by Gasteiger charge is -2.14. The van der Waals surface area contributed by atoms with E-state index in [0.717, 1.165) is 16.3 Å². The molecule has 0 saturated carbocycles. The summed E-state index contributed by atoms with van der Waals surface area (Å²) in [7, 11) is 1.66. The molecule has 0 atom stereocenters. The number of carbonyl (C=O) groups excluding carboxylic acids is 1. The Morgan fingerprint density at radius 2 is 2.06 bits per heavy atom. The molecule has 3 heterocycles. The summed E-state index contributed by atoms with van der Waals surface area (Å²) in [6, 6.07) is 9.31. The highest BCUT2D eigenvalue weighted by Crippen LogP contribution is 2.21. The van der Waals surface area contributed by atoms with Crippen molar-refractivity contribution in [2.24, 2.45) is 0 Å². The highest BCUT2D eigenvalue weighted by molar-refractivity contribution is 7.17. The Morgan fingerprint density at radius 3 is 2.87 bits per heavy atom. The third-order valence-corrected chi connectivity index (χ3v) is 6.22. The van der Waals surface area contributed by atoms with E-state index in [-0.39, 0.29) is 18.0 Å². The molecule has 0 unspecified atom stereocenters. The lowest BCUT2D eigenvalue weighted by Crippen LogP contribution is -2.26. The number of rotatable bonds is 7. The zero-order chi connectivity index (χ0) is 21.8. The summed E-state index contributed by atoms with van der Waals surface area (Å²) in [5.41, 5.74) is 2.12. The van der Waals surface area contributed by atoms with E-state index in [2.05, 4.69) is 15.0 Å². The highest BCUT2D eigenvalue weighted by atomic mass is 32.1. The van der Waals surface area contributed by atoms with Gasteiger partial charge in [-0.3, -0.25) is 9.59 Å². The van der Waals surface area contributed by atoms with Gasteiger partial charge in [0.1, 0.15) is 22.9 Å². The van der Waals surface area contributed by atoms with Crippen LogP contribution in [0, 0.1) is 6.92 Å². The average Bonchev–Trinajstić information content (AvgIpc) is 3.40. The average molecular weight is 453 g/mol. The fourth-order valence-electron chi connectivity index (χ4n) is 2.96. The SMILES string of the molecule is Cc1nc(COc2ccccc2C=CC(=O)N(C)Cc2nc3ccsc3c(=O)[nH]2)cs1. The number of aromatic nitrogens is 3. The van der Waals surface area contributed by atoms with Crippen molar-refractivity contribution in [1.82, 2.24) is 19.9 Å². The molecule has 31 heavy (non-hydrogen) atoms. The Morgan fingerprint density at radius 1 is 1.23 bits per heavy atom. The van der Waals surface area contributed by atoms with E-state index < -0.39 is 0 Å². The predicted octanol–water partition coefficient (Wildman–Crippen LogP) is 4.00. The van der Waals surface area contributed by atoms with Gasteiger partial charge in [0.2, 0.25) is 5.91 Å². The number of fused-ring (bicyclic) bond motifs is 1. The predicted molar refractivity (Wildman–Crippen MR) is 123 cm³/mol. The number of thiophene rings is 1. The fourth-order valence-corrected chi connectivity index (χ4v) is 4.29. The number of carbonyl (C=O) groups is 1. The first-order valence-corrected chi connectivity index (χ1v) is 11.3. The van der Waals surface area contributed by atoms with Crippen molar-refractivity contribution in [3.8, 4) is 5.75 Å². The highest BCUT2D eigenvalue weighted by Gasteiger charge is 2.11. The number of nitrogens with one attached hydrogen (secondary N) is 1. The molecule has 0 radical (unpaired) electrons. The van der Waals surface area contributed by atoms with Gasteiger partial charge in [-0.2, -0.15) is 0 Å². The molecule has 0 spiro atoms. The van der Waals surface area contributed by atoms with Crippen molar-refractivity contribution in [2.45, 2.75) is 20.1 Å². The molecule has 0 aliphatic carbocycles. The van der Waals surface area contributed by atoms with Gasteiger partial charge in [0.05, 0.1) is 22.8 Å². The Balaban J connectivity index is 1.42. The third kappa shape index (κ3) is 5.07. The number of H-pyrrole nitrogens is 1. The maximum absolute atomic E-state index is 12.6. The van der Waals surface area contributed by atoms with Crippen molar-refractivity contribution in [3.05, 3.63) is 79.6 Å². The van der Waals surface area contributed by atoms with Crippen LogP contribution in [0.15, 0.2) is 52.0 Å². The molecule has 9 heteroatoms. The molecular weight excluding hydrogens is 432 g/mol. The van der Waals surface area contributed by atoms with E-state index in [0.29, 0.717) is 28.4 Å². The van der Waals surface area contributed by atoms with Crippen LogP contribution in [0.25, 0.3) is 16.3 Å². The smallest absolute Gasteiger partial charge is 0.268 e. The summed E-state index contributed by atoms with van der Waals surface area (Å²) in [6.07, 6.45) is 3.20. The molecule has 1 amide bonds. The number of likely N-dealkylation sites (N-methyl/N-ethyl adjacent to an activating group) is 1. The van der Waals surface area contributed by atoms with E-state index in [1.54, 1.807) is 30.5 Å². The molecule has 158 valence electrons. The number of amides is 1. The molecule has 0 saturated heterocycles. The summed E-state index contributed by atoms with van der Waals surface area (Å²) in [4.78, 5) is 37.7. The van der Waals surface area contributed by atoms with Crippen LogP contribution in [-0.2, 0) is 17.9 Å². The molecule has 0 fully saturated rings. The van der Waals surface area contributed by atoms with Crippen molar-refractivity contribution in [3.63, 3.8) is 0 Å². The second-order valence-corrected chi connectivity index (χ2v) is 8.84. The lowest BCUT2D eigenvalue weighted by molar-refractivity contribution is -0.125. The molecule has 1 N–H and O–H groups in total. The van der Waals surface area contributed by atoms with Gasteiger partial charge in [-0.15, -0.1) is 22.7 Å². The number of hydrogen-bond donors (Lipinski definition) is 1. The van der Waals surface area contributed by atoms with E-state index in [4.69, 9.17) is 4.74 Å². The Hall–Kier alpha value is -3.30. The van der Waals surface area contributed by atoms with Crippen LogP contribution in [-0.4, -0.2) is 32.8 Å². The van der Waals surface area contributed by atoms with Gasteiger partial charge < -0.3 is 14.6 Å². The van der Waals surface area contributed by atoms with E-state index >= 15 is 0 Å². The summed E-state index contributed by atoms with van der Waals surface area (Å²) in [5.74, 6) is 0.911. The number of para-hydroxylation sites is 1. The molecule has 0 aliphatic heterocycles. The topological polar surface area (TPSA) is 88.2 Å². The minimum absolute atomic E-state index is 0.187. The molecule has 0 bridgehead atoms. The van der Waals surface area contributed by atoms with Gasteiger partial charge in [-0.25, -0.2) is 9.97 Å². The van der Waals surface area contributed by atoms with Crippen molar-refractivity contribution < 1.29 is 9.53 Å². The van der Waals surface area contributed by atoms with Crippen LogP contribution in [0.4, 0.5) is 0 Å². The van der Waals surface area contributed by atoms with Crippen LogP contribution >= 0.6 is 22.7 Å². The molecule has 7 nitrogen and oxygen atoms in total. The Kier molecular flexibility index (Phi) is 6.24. The molecular formula is C22H20N4O3S2. The van der Waals surface area contributed by atoms with Crippen LogP contribution in [0.1, 0.15) is 22.1 Å². The maximum Gasteiger partial charge on any atom is 0.268 e. The Bertz CT molecular complexity index is 1310. The summed E-state index contributed by atoms with van der Waals surface area (Å²) >= 11 is 2.93. The van der Waals surface area contributed by atoms with E-state index in [1.807, 2.05) is 41.9 Å². The molecule has 4 aromatic rings. The van der Waals surface area contributed by atoms with Crippen molar-refractivity contribution in [2.75, 3.05) is 7.05 Å². The summed E-state index contributed by atoms with van der Waals surface area (Å²) in [6.45, 7) is 2.52. The normalized spacial score (nSPS) is 11.3. The standard InChI is InChI=1S/C22H20N4O3S2/c1-14-23-16(13-31-14)12-29-18-6-4-3-5-15(18)7-8-20(27)26(2)11-19-24-17-9-10-30-21(17)22(28)25-19/h3-10,13H,11-12H2,1-2H3,(H,24,25,28). The number of aromatic amines is 1. The largest absolute Gasteiger partial charge is 0.487 e. The monoisotopic (exact) mass is 452 g/mol. The van der Waals surface area contributed by atoms with Gasteiger partial charge >= 0.3 is 0 Å². The minimum Gasteiger partial charge on any atom is -0.487 e. The number of ether oxygens (including phenoxy) is 1. The molecule has 3 aromatic heterocycles. The second kappa shape index (κ2) is 9.23. The number of hydrogen-bond acceptors (Lipinski definition) is 7. The first-order chi connectivity index (χ1) is 15.0. The Labute approximate surface area is 186 Å². The molecule has 0 aliphatic rings. The second-order valence-electron chi connectivity index (χ2n) is 6.86. The molecule has 1 aromatic carbocycles. The molecule has 4 rings (SSSR count). The van der Waals surface area contributed by atoms with Crippen LogP contribution in [0.3, 0.4) is 0 Å². The van der Waals surface area contributed by atoms with Crippen LogP contribution in [0.2, 0.25) is 0 Å². The van der Waals surface area contributed by atoms with Crippen LogP contribution in [0.5, 0.6) is 5.75 Å². The van der Waals surface area contributed by atoms with Gasteiger partial charge in [0.15, 0.2) is 0 Å². The number of aryl methyl sites for hydroxylation is 1. The van der Waals surface area contributed by atoms with E-state index in [9.17, 15) is 9.59 Å². The van der Waals surface area contributed by atoms with Crippen molar-refractivity contribution >= 4 is 44.9 Å². The number of benzene rings is 1. The third-order valence-electron chi connectivity index (χ3n) is 4.49. The van der Waals surface area contributed by atoms with Crippen LogP contribution < -0.4 is 10.3 Å². The zero-order valence-corrected chi connectivity index (χ0v) is 18.6. The van der Waals surface area contributed by atoms with Crippen molar-refractivity contribution in [1.29, 1.82) is 0 Å². The first kappa shape index (κ1) is 21.0. The van der Waals surface area contributed by atoms with Gasteiger partial charge in [0.25, 0.3) is 5.56 Å². The van der Waals surface area contributed by atoms with Gasteiger partial charge in [-0.05, 0) is 30.5 Å². The minimum atomic E-state index is -0.210. The lowest BCUT2D eigenvalue weighted by atomic mass is 10.2. The van der Waals surface area contributed by atoms with E-state index in [1.165, 1.54) is 22.3 Å². The van der Waals surface area contributed by atoms with Gasteiger partial charge in [0, 0.05) is 24.1 Å². The zero-order valence-electron chi connectivity index (χ0n) is 17.0. The maximum atomic E-state index is 12.6. The number of nitrogens with zero attached hydrogens (tertiary/aromatic N) is 3. The summed E-state index contributed by atoms with van der Waals surface area (Å²) in [5, 5.41) is 4.79. The first-order valence-electron chi connectivity index (χ1n) is 9.52. The van der Waals surface area contributed by atoms with Gasteiger partial charge in [-0.1, -0.05) is 18.2 Å². The number of thiazole rings is 1. The fraction of sp³-hybridized carbons (Fsp3) is 0.182. The quantitative estimate of drug-likeness (QED) is 0.428. The summed E-state index contributed by atoms with van der Waals surface area (Å²) < 4.78 is 6.48.